The Morgan fingerprint density at radius 2 is 1.90 bits per heavy atom. The van der Waals surface area contributed by atoms with Crippen LogP contribution >= 0.6 is 0 Å². The second-order valence-corrected chi connectivity index (χ2v) is 6.54. The molecule has 1 atom stereocenters. The topological polar surface area (TPSA) is 84.9 Å². The highest BCUT2D eigenvalue weighted by Gasteiger charge is 2.29. The Morgan fingerprint density at radius 1 is 1.29 bits per heavy atom. The van der Waals surface area contributed by atoms with Gasteiger partial charge in [-0.2, -0.15) is 0 Å². The maximum atomic E-state index is 12.0. The second-order valence-electron chi connectivity index (χ2n) is 4.68. The fourth-order valence-electron chi connectivity index (χ4n) is 2.19. The number of sulfonamides is 1. The van der Waals surface area contributed by atoms with Crippen LogP contribution in [0.25, 0.3) is 0 Å². The van der Waals surface area contributed by atoms with Gasteiger partial charge in [0, 0.05) is 13.1 Å². The lowest BCUT2D eigenvalue weighted by molar-refractivity contribution is -0.121. The molecule has 1 heterocycles. The first kappa shape index (κ1) is 15.4. The van der Waals surface area contributed by atoms with E-state index in [-0.39, 0.29) is 0 Å². The predicted molar refractivity (Wildman–Crippen MR) is 78.3 cm³/mol. The van der Waals surface area contributed by atoms with Crippen LogP contribution in [0, 0.1) is 0 Å². The lowest BCUT2D eigenvalue weighted by atomic mass is 10.2. The molecule has 0 fully saturated rings. The number of rotatable bonds is 4. The van der Waals surface area contributed by atoms with Crippen molar-refractivity contribution in [3.05, 3.63) is 18.2 Å². The van der Waals surface area contributed by atoms with Crippen molar-refractivity contribution < 1.29 is 22.7 Å². The minimum Gasteiger partial charge on any atom is -0.486 e. The molecule has 21 heavy (non-hydrogen) atoms. The number of hydrogen-bond acceptors (Lipinski definition) is 5. The summed E-state index contributed by atoms with van der Waals surface area (Å²) in [7, 11) is -2.16. The van der Waals surface area contributed by atoms with Crippen molar-refractivity contribution in [2.45, 2.75) is 13.0 Å². The number of carbonyl (C=O) groups is 1. The van der Waals surface area contributed by atoms with Crippen LogP contribution in [0.4, 0.5) is 5.69 Å². The lowest BCUT2D eigenvalue weighted by Crippen LogP contribution is -2.47. The van der Waals surface area contributed by atoms with E-state index < -0.39 is 22.0 Å². The zero-order valence-corrected chi connectivity index (χ0v) is 12.9. The monoisotopic (exact) mass is 314 g/mol. The van der Waals surface area contributed by atoms with E-state index in [1.54, 1.807) is 18.2 Å². The maximum absolute atomic E-state index is 12.0. The standard InChI is InChI=1S/C13H18N2O5S/c1-9(13(16)14-2)15(21(3,17)18)10-4-5-11-12(8-10)20-7-6-19-11/h4-5,8-9H,6-7H2,1-3H3,(H,14,16)/t9-/m1/s1. The van der Waals surface area contributed by atoms with E-state index in [0.717, 1.165) is 10.6 Å². The van der Waals surface area contributed by atoms with Gasteiger partial charge in [-0.15, -0.1) is 0 Å². The van der Waals surface area contributed by atoms with Gasteiger partial charge in [-0.3, -0.25) is 9.10 Å². The van der Waals surface area contributed by atoms with Gasteiger partial charge in [0.15, 0.2) is 11.5 Å². The molecule has 0 radical (unpaired) electrons. The van der Waals surface area contributed by atoms with Crippen molar-refractivity contribution >= 4 is 21.6 Å². The number of carbonyl (C=O) groups excluding carboxylic acids is 1. The van der Waals surface area contributed by atoms with Gasteiger partial charge in [0.1, 0.15) is 19.3 Å². The molecule has 8 heteroatoms. The highest BCUT2D eigenvalue weighted by Crippen LogP contribution is 2.35. The molecule has 0 unspecified atom stereocenters. The Hall–Kier alpha value is -1.96. The SMILES string of the molecule is CNC(=O)[C@@H](C)N(c1ccc2c(c1)OCCO2)S(C)(=O)=O. The van der Waals surface area contributed by atoms with Gasteiger partial charge >= 0.3 is 0 Å². The Balaban J connectivity index is 2.44. The molecule has 1 aromatic carbocycles. The molecule has 0 saturated heterocycles. The normalized spacial score (nSPS) is 15.2. The number of fused-ring (bicyclic) bond motifs is 1. The van der Waals surface area contributed by atoms with Crippen LogP contribution in [0.15, 0.2) is 18.2 Å². The maximum Gasteiger partial charge on any atom is 0.243 e. The highest BCUT2D eigenvalue weighted by molar-refractivity contribution is 7.92. The molecule has 1 amide bonds. The van der Waals surface area contributed by atoms with Gasteiger partial charge in [-0.25, -0.2) is 8.42 Å². The zero-order valence-electron chi connectivity index (χ0n) is 12.1. The number of nitrogens with zero attached hydrogens (tertiary/aromatic N) is 1. The van der Waals surface area contributed by atoms with Gasteiger partial charge in [0.05, 0.1) is 11.9 Å². The van der Waals surface area contributed by atoms with Crippen LogP contribution < -0.4 is 19.1 Å². The van der Waals surface area contributed by atoms with Gasteiger partial charge < -0.3 is 14.8 Å². The number of benzene rings is 1. The average Bonchev–Trinajstić information content (AvgIpc) is 2.44. The molecule has 1 aliphatic rings. The van der Waals surface area contributed by atoms with Crippen molar-refractivity contribution in [2.75, 3.05) is 30.8 Å². The first-order valence-corrected chi connectivity index (χ1v) is 8.30. The number of amides is 1. The summed E-state index contributed by atoms with van der Waals surface area (Å²) < 4.78 is 36.0. The summed E-state index contributed by atoms with van der Waals surface area (Å²) in [6.07, 6.45) is 1.06. The van der Waals surface area contributed by atoms with Crippen molar-refractivity contribution in [3.63, 3.8) is 0 Å². The lowest BCUT2D eigenvalue weighted by Gasteiger charge is -2.29. The Kier molecular flexibility index (Phi) is 4.26. The predicted octanol–water partition coefficient (Wildman–Crippen LogP) is 0.358. The second kappa shape index (κ2) is 5.80. The van der Waals surface area contributed by atoms with Gasteiger partial charge in [0.2, 0.25) is 15.9 Å². The van der Waals surface area contributed by atoms with E-state index in [2.05, 4.69) is 5.32 Å². The summed E-state index contributed by atoms with van der Waals surface area (Å²) in [5, 5.41) is 2.45. The average molecular weight is 314 g/mol. The first-order valence-electron chi connectivity index (χ1n) is 6.45. The molecule has 7 nitrogen and oxygen atoms in total. The third-order valence-corrected chi connectivity index (χ3v) is 4.36. The van der Waals surface area contributed by atoms with Crippen molar-refractivity contribution in [2.24, 2.45) is 0 Å². The van der Waals surface area contributed by atoms with Gasteiger partial charge in [0.25, 0.3) is 0 Å². The first-order chi connectivity index (χ1) is 9.84. The molecular formula is C13H18N2O5S. The number of nitrogens with one attached hydrogen (secondary N) is 1. The molecular weight excluding hydrogens is 296 g/mol. The summed E-state index contributed by atoms with van der Waals surface area (Å²) in [6, 6.07) is 3.93. The molecule has 0 bridgehead atoms. The molecule has 1 aliphatic heterocycles. The fraction of sp³-hybridized carbons (Fsp3) is 0.462. The summed E-state index contributed by atoms with van der Waals surface area (Å²) in [6.45, 7) is 2.38. The third-order valence-electron chi connectivity index (χ3n) is 3.12. The molecule has 0 spiro atoms. The summed E-state index contributed by atoms with van der Waals surface area (Å²) >= 11 is 0. The van der Waals surface area contributed by atoms with Crippen LogP contribution in [-0.4, -0.2) is 46.9 Å². The molecule has 1 aromatic rings. The minimum absolute atomic E-state index is 0.359. The molecule has 0 aromatic heterocycles. The number of anilines is 1. The van der Waals surface area contributed by atoms with Crippen molar-refractivity contribution in [1.29, 1.82) is 0 Å². The highest BCUT2D eigenvalue weighted by atomic mass is 32.2. The number of likely N-dealkylation sites (N-methyl/N-ethyl adjacent to an activating group) is 1. The molecule has 0 aliphatic carbocycles. The van der Waals surface area contributed by atoms with Crippen LogP contribution in [0.2, 0.25) is 0 Å². The van der Waals surface area contributed by atoms with Gasteiger partial charge in [-0.05, 0) is 19.1 Å². The Bertz CT molecular complexity index is 644. The van der Waals surface area contributed by atoms with E-state index in [1.165, 1.54) is 14.0 Å². The largest absolute Gasteiger partial charge is 0.486 e. The summed E-state index contributed by atoms with van der Waals surface area (Å²) in [5.41, 5.74) is 0.359. The Morgan fingerprint density at radius 3 is 2.48 bits per heavy atom. The van der Waals surface area contributed by atoms with Crippen LogP contribution in [0.3, 0.4) is 0 Å². The number of hydrogen-bond donors (Lipinski definition) is 1. The van der Waals surface area contributed by atoms with E-state index in [9.17, 15) is 13.2 Å². The van der Waals surface area contributed by atoms with Crippen molar-refractivity contribution in [3.8, 4) is 11.5 Å². The smallest absolute Gasteiger partial charge is 0.243 e. The zero-order chi connectivity index (χ0) is 15.6. The summed E-state index contributed by atoms with van der Waals surface area (Å²) in [4.78, 5) is 11.8. The van der Waals surface area contributed by atoms with Gasteiger partial charge in [-0.1, -0.05) is 0 Å². The van der Waals surface area contributed by atoms with E-state index in [4.69, 9.17) is 9.47 Å². The summed E-state index contributed by atoms with van der Waals surface area (Å²) in [5.74, 6) is 0.637. The van der Waals surface area contributed by atoms with Crippen LogP contribution in [-0.2, 0) is 14.8 Å². The molecule has 1 N–H and O–H groups in total. The minimum atomic E-state index is -3.62. The molecule has 2 rings (SSSR count). The van der Waals surface area contributed by atoms with Crippen molar-refractivity contribution in [1.82, 2.24) is 5.32 Å². The van der Waals surface area contributed by atoms with E-state index in [1.807, 2.05) is 0 Å². The molecule has 0 saturated carbocycles. The van der Waals surface area contributed by atoms with Crippen LogP contribution in [0.1, 0.15) is 6.92 Å². The van der Waals surface area contributed by atoms with E-state index >= 15 is 0 Å². The quantitative estimate of drug-likeness (QED) is 0.867. The van der Waals surface area contributed by atoms with E-state index in [0.29, 0.717) is 30.4 Å². The fourth-order valence-corrected chi connectivity index (χ4v) is 3.35. The Labute approximate surface area is 123 Å². The number of ether oxygens (including phenoxy) is 2. The molecule has 116 valence electrons. The van der Waals surface area contributed by atoms with Crippen LogP contribution in [0.5, 0.6) is 11.5 Å². The third kappa shape index (κ3) is 3.21.